The summed E-state index contributed by atoms with van der Waals surface area (Å²) in [4.78, 5) is 3.89. The van der Waals surface area contributed by atoms with Crippen molar-refractivity contribution in [2.75, 3.05) is 7.05 Å². The number of rotatable bonds is 4. The van der Waals surface area contributed by atoms with Crippen molar-refractivity contribution in [3.8, 4) is 5.75 Å². The molecule has 112 valence electrons. The molecule has 0 aliphatic heterocycles. The number of aromatic nitrogens is 1. The van der Waals surface area contributed by atoms with Crippen molar-refractivity contribution in [2.24, 2.45) is 0 Å². The molecule has 1 heterocycles. The summed E-state index contributed by atoms with van der Waals surface area (Å²) in [5, 5.41) is 2.75. The Morgan fingerprint density at radius 1 is 1.14 bits per heavy atom. The summed E-state index contributed by atoms with van der Waals surface area (Å²) in [6, 6.07) is 7.30. The first-order valence-electron chi connectivity index (χ1n) is 6.04. The van der Waals surface area contributed by atoms with E-state index in [0.717, 1.165) is 0 Å². The first kappa shape index (κ1) is 15.2. The molecule has 0 spiro atoms. The van der Waals surface area contributed by atoms with Gasteiger partial charge in [0.25, 0.3) is 0 Å². The van der Waals surface area contributed by atoms with Crippen LogP contribution in [-0.4, -0.2) is 18.4 Å². The standard InChI is InChI=1S/C14H12F4N2O/c1-19-12(13-10(15)6-4-8-20-13)9-5-2-3-7-11(9)21-14(16,17)18/h2-8,12,19H,1H3. The number of para-hydroxylation sites is 1. The molecule has 0 radical (unpaired) electrons. The molecule has 21 heavy (non-hydrogen) atoms. The van der Waals surface area contributed by atoms with E-state index in [1.807, 2.05) is 0 Å². The third-order valence-electron chi connectivity index (χ3n) is 2.80. The molecule has 0 fully saturated rings. The van der Waals surface area contributed by atoms with Gasteiger partial charge in [-0.25, -0.2) is 4.39 Å². The van der Waals surface area contributed by atoms with Gasteiger partial charge in [-0.3, -0.25) is 4.98 Å². The molecule has 3 nitrogen and oxygen atoms in total. The minimum Gasteiger partial charge on any atom is -0.405 e. The fraction of sp³-hybridized carbons (Fsp3) is 0.214. The maximum atomic E-state index is 13.8. The molecule has 2 aromatic rings. The number of ether oxygens (including phenoxy) is 1. The average molecular weight is 300 g/mol. The van der Waals surface area contributed by atoms with Crippen LogP contribution in [0.4, 0.5) is 17.6 Å². The van der Waals surface area contributed by atoms with Crippen molar-refractivity contribution in [2.45, 2.75) is 12.4 Å². The molecular formula is C14H12F4N2O. The molecule has 0 amide bonds. The van der Waals surface area contributed by atoms with E-state index >= 15 is 0 Å². The molecule has 2 rings (SSSR count). The molecule has 0 aliphatic rings. The zero-order chi connectivity index (χ0) is 15.5. The lowest BCUT2D eigenvalue weighted by molar-refractivity contribution is -0.275. The number of nitrogens with zero attached hydrogens (tertiary/aromatic N) is 1. The first-order chi connectivity index (χ1) is 9.92. The predicted molar refractivity (Wildman–Crippen MR) is 68.2 cm³/mol. The van der Waals surface area contributed by atoms with Crippen molar-refractivity contribution >= 4 is 0 Å². The van der Waals surface area contributed by atoms with Crippen LogP contribution < -0.4 is 10.1 Å². The maximum absolute atomic E-state index is 13.8. The average Bonchev–Trinajstić information content (AvgIpc) is 2.42. The summed E-state index contributed by atoms with van der Waals surface area (Å²) < 4.78 is 55.1. The Bertz CT molecular complexity index is 616. The highest BCUT2D eigenvalue weighted by atomic mass is 19.4. The molecule has 1 aromatic carbocycles. The molecule has 1 unspecified atom stereocenters. The van der Waals surface area contributed by atoms with Crippen molar-refractivity contribution < 1.29 is 22.3 Å². The van der Waals surface area contributed by atoms with Gasteiger partial charge in [-0.15, -0.1) is 13.2 Å². The molecule has 0 aliphatic carbocycles. The largest absolute Gasteiger partial charge is 0.573 e. The first-order valence-corrected chi connectivity index (χ1v) is 6.04. The Labute approximate surface area is 118 Å². The normalized spacial score (nSPS) is 13.0. The number of benzene rings is 1. The smallest absolute Gasteiger partial charge is 0.405 e. The van der Waals surface area contributed by atoms with Gasteiger partial charge >= 0.3 is 6.36 Å². The zero-order valence-electron chi connectivity index (χ0n) is 11.0. The molecular weight excluding hydrogens is 288 g/mol. The third kappa shape index (κ3) is 3.69. The zero-order valence-corrected chi connectivity index (χ0v) is 11.0. The van der Waals surface area contributed by atoms with E-state index < -0.39 is 24.0 Å². The van der Waals surface area contributed by atoms with Crippen molar-refractivity contribution in [3.63, 3.8) is 0 Å². The Hall–Kier alpha value is -2.15. The Morgan fingerprint density at radius 2 is 1.86 bits per heavy atom. The number of alkyl halides is 3. The highest BCUT2D eigenvalue weighted by Gasteiger charge is 2.33. The Balaban J connectivity index is 2.46. The second-order valence-corrected chi connectivity index (χ2v) is 4.18. The monoisotopic (exact) mass is 300 g/mol. The summed E-state index contributed by atoms with van der Waals surface area (Å²) in [6.07, 6.45) is -3.45. The van der Waals surface area contributed by atoms with Gasteiger partial charge in [0.05, 0.1) is 11.7 Å². The predicted octanol–water partition coefficient (Wildman–Crippen LogP) is 3.43. The lowest BCUT2D eigenvalue weighted by Crippen LogP contribution is -2.23. The van der Waals surface area contributed by atoms with E-state index in [1.54, 1.807) is 6.07 Å². The number of pyridine rings is 1. The van der Waals surface area contributed by atoms with Crippen molar-refractivity contribution in [1.82, 2.24) is 10.3 Å². The number of nitrogens with one attached hydrogen (secondary N) is 1. The van der Waals surface area contributed by atoms with Gasteiger partial charge in [0.1, 0.15) is 11.6 Å². The molecule has 7 heteroatoms. The Morgan fingerprint density at radius 3 is 2.48 bits per heavy atom. The lowest BCUT2D eigenvalue weighted by atomic mass is 10.0. The van der Waals surface area contributed by atoms with Crippen LogP contribution in [-0.2, 0) is 0 Å². The molecule has 1 N–H and O–H groups in total. The number of hydrogen-bond acceptors (Lipinski definition) is 3. The van der Waals surface area contributed by atoms with Crippen LogP contribution >= 0.6 is 0 Å². The van der Waals surface area contributed by atoms with Gasteiger partial charge < -0.3 is 10.1 Å². The molecule has 0 saturated carbocycles. The lowest BCUT2D eigenvalue weighted by Gasteiger charge is -2.20. The van der Waals surface area contributed by atoms with E-state index in [0.29, 0.717) is 0 Å². The van der Waals surface area contributed by atoms with Crippen LogP contribution in [0, 0.1) is 5.82 Å². The van der Waals surface area contributed by atoms with Crippen LogP contribution in [0.25, 0.3) is 0 Å². The Kier molecular flexibility index (Phi) is 4.42. The topological polar surface area (TPSA) is 34.1 Å². The highest BCUT2D eigenvalue weighted by Crippen LogP contribution is 2.33. The van der Waals surface area contributed by atoms with E-state index in [1.165, 1.54) is 43.6 Å². The maximum Gasteiger partial charge on any atom is 0.573 e. The minimum absolute atomic E-state index is 0.00164. The van der Waals surface area contributed by atoms with Crippen LogP contribution in [0.2, 0.25) is 0 Å². The van der Waals surface area contributed by atoms with Gasteiger partial charge in [0, 0.05) is 11.8 Å². The summed E-state index contributed by atoms with van der Waals surface area (Å²) >= 11 is 0. The van der Waals surface area contributed by atoms with Crippen molar-refractivity contribution in [1.29, 1.82) is 0 Å². The number of halogens is 4. The fourth-order valence-corrected chi connectivity index (χ4v) is 1.99. The molecule has 0 bridgehead atoms. The van der Waals surface area contributed by atoms with Gasteiger partial charge in [-0.2, -0.15) is 0 Å². The van der Waals surface area contributed by atoms with Crippen LogP contribution in [0.1, 0.15) is 17.3 Å². The second kappa shape index (κ2) is 6.09. The second-order valence-electron chi connectivity index (χ2n) is 4.18. The number of hydrogen-bond donors (Lipinski definition) is 1. The van der Waals surface area contributed by atoms with E-state index in [9.17, 15) is 17.6 Å². The van der Waals surface area contributed by atoms with E-state index in [2.05, 4.69) is 15.0 Å². The highest BCUT2D eigenvalue weighted by molar-refractivity contribution is 5.40. The van der Waals surface area contributed by atoms with Crippen LogP contribution in [0.5, 0.6) is 5.75 Å². The third-order valence-corrected chi connectivity index (χ3v) is 2.80. The van der Waals surface area contributed by atoms with E-state index in [4.69, 9.17) is 0 Å². The van der Waals surface area contributed by atoms with Crippen LogP contribution in [0.15, 0.2) is 42.6 Å². The van der Waals surface area contributed by atoms with Gasteiger partial charge in [0.2, 0.25) is 0 Å². The molecule has 1 atom stereocenters. The van der Waals surface area contributed by atoms with Gasteiger partial charge in [-0.05, 0) is 25.2 Å². The summed E-state index contributed by atoms with van der Waals surface area (Å²) in [5.41, 5.74) is 0.146. The van der Waals surface area contributed by atoms with Crippen molar-refractivity contribution in [3.05, 3.63) is 59.7 Å². The summed E-state index contributed by atoms with van der Waals surface area (Å²) in [5.74, 6) is -1.01. The SMILES string of the molecule is CNC(c1ccccc1OC(F)(F)F)c1ncccc1F. The molecule has 1 aromatic heterocycles. The fourth-order valence-electron chi connectivity index (χ4n) is 1.99. The van der Waals surface area contributed by atoms with Gasteiger partial charge in [0.15, 0.2) is 0 Å². The molecule has 0 saturated heterocycles. The van der Waals surface area contributed by atoms with Gasteiger partial charge in [-0.1, -0.05) is 18.2 Å². The minimum atomic E-state index is -4.82. The quantitative estimate of drug-likeness (QED) is 0.878. The summed E-state index contributed by atoms with van der Waals surface area (Å²) in [7, 11) is 1.50. The summed E-state index contributed by atoms with van der Waals surface area (Å²) in [6.45, 7) is 0. The van der Waals surface area contributed by atoms with E-state index in [-0.39, 0.29) is 11.3 Å². The van der Waals surface area contributed by atoms with Crippen LogP contribution in [0.3, 0.4) is 0 Å².